The van der Waals surface area contributed by atoms with Crippen LogP contribution in [0.4, 0.5) is 0 Å². The largest absolute Gasteiger partial charge is 2.00 e. The monoisotopic (exact) mass is 1410 g/mol. The van der Waals surface area contributed by atoms with Gasteiger partial charge >= 0.3 is 16.5 Å². The molecule has 0 fully saturated rings. The number of benzene rings is 2. The van der Waals surface area contributed by atoms with Gasteiger partial charge in [-0.05, 0) is 111 Å². The molecule has 578 valence electrons. The first-order valence-corrected chi connectivity index (χ1v) is 45.1. The first-order chi connectivity index (χ1) is 48.3. The van der Waals surface area contributed by atoms with Gasteiger partial charge in [-0.2, -0.15) is 12.8 Å². The Morgan fingerprint density at radius 2 is 0.404 bits per heavy atom. The van der Waals surface area contributed by atoms with Crippen molar-refractivity contribution < 1.29 is 21.2 Å². The van der Waals surface area contributed by atoms with Crippen molar-refractivity contribution in [2.75, 3.05) is 0 Å². The van der Waals surface area contributed by atoms with E-state index in [4.69, 9.17) is 0 Å². The third-order valence-electron chi connectivity index (χ3n) is 21.7. The van der Waals surface area contributed by atoms with Crippen molar-refractivity contribution in [2.24, 2.45) is 0 Å². The number of hydrogen-bond donors (Lipinski definition) is 0. The molecule has 3 rings (SSSR count). The smallest absolute Gasteiger partial charge is 0.493 e. The van der Waals surface area contributed by atoms with E-state index in [-0.39, 0.29) is 16.5 Å². The van der Waals surface area contributed by atoms with Gasteiger partial charge in [0.25, 0.3) is 0 Å². The standard InChI is InChI=1S/C42H64N2.2C27H55.Ni/c1-7-13-17-18-19-22-26-40-39(25-16-10-4)41(37-29-33(11-5)27-34(12-6)30-37)44(43)42(40)38-31-35(23-20-14-8-2)28-36(32-38)24-21-15-9-3;2*1-3-5-7-9-11-13-15-17-19-21-23-25-27-26-24-22-20-18-16-14-12-10-8-6-4-2;/h27-32H,7-26H2,1-6H3;2*1,3-27H2,2H3;/q;2*-1;+2. The van der Waals surface area contributed by atoms with Gasteiger partial charge < -0.3 is 19.4 Å². The van der Waals surface area contributed by atoms with E-state index in [1.165, 1.54) is 430 Å². The molecular weight excluding hydrogens is 1240 g/mol. The molecule has 0 saturated carbocycles. The van der Waals surface area contributed by atoms with Crippen LogP contribution >= 0.6 is 0 Å². The van der Waals surface area contributed by atoms with Crippen LogP contribution in [0.15, 0.2) is 47.5 Å². The predicted molar refractivity (Wildman–Crippen MR) is 446 cm³/mol. The van der Waals surface area contributed by atoms with Crippen LogP contribution in [0.1, 0.15) is 513 Å². The summed E-state index contributed by atoms with van der Waals surface area (Å²) in [5.74, 6) is 0. The average molecular weight is 1420 g/mol. The number of aryl methyl sites for hydroxylation is 4. The molecule has 2 aromatic carbocycles. The molecule has 1 heterocycles. The van der Waals surface area contributed by atoms with E-state index >= 15 is 0 Å². The summed E-state index contributed by atoms with van der Waals surface area (Å²) in [5, 5.41) is 0. The first-order valence-electron chi connectivity index (χ1n) is 45.1. The zero-order valence-corrected chi connectivity index (χ0v) is 69.6. The van der Waals surface area contributed by atoms with E-state index < -0.39 is 0 Å². The van der Waals surface area contributed by atoms with E-state index in [0.717, 1.165) is 75.6 Å². The van der Waals surface area contributed by atoms with Crippen molar-refractivity contribution in [1.29, 1.82) is 0 Å². The Labute approximate surface area is 633 Å². The Morgan fingerprint density at radius 1 is 0.222 bits per heavy atom. The topological polar surface area (TPSA) is 25.3 Å². The minimum absolute atomic E-state index is 0. The average Bonchev–Trinajstić information content (AvgIpc) is 1.61. The Kier molecular flexibility index (Phi) is 74.2. The molecule has 0 atom stereocenters. The molecule has 0 aromatic heterocycles. The Balaban J connectivity index is 0.00000153. The number of nitrogens with zero attached hydrogens (tertiary/aromatic N) is 2. The molecule has 1 aliphatic rings. The summed E-state index contributed by atoms with van der Waals surface area (Å²) in [5.41, 5.74) is 25.2. The zero-order chi connectivity index (χ0) is 71.1. The normalized spacial score (nSPS) is 12.2. The van der Waals surface area contributed by atoms with Crippen molar-refractivity contribution in [2.45, 2.75) is 505 Å². The SMILES string of the molecule is CCCCCCCCC1=C(c2cc(CCCCC)cc(CCCCC)c2)[N+](=[N-])C(c2cc(CC)cc(CC)c2)=C1CCCC.[CH2-]CCCCCCCCCCCCCCCCCCCCCCCCCC.[CH2-]CCCCCCCCCCCCCCCCCCCCCCCCCC.[Ni+2]. The molecule has 1 aliphatic heterocycles. The Bertz CT molecular complexity index is 1940. The van der Waals surface area contributed by atoms with Crippen molar-refractivity contribution in [3.8, 4) is 0 Å². The molecule has 0 radical (unpaired) electrons. The summed E-state index contributed by atoms with van der Waals surface area (Å²) in [6.07, 6.45) is 96.4. The Hall–Kier alpha value is -1.99. The third kappa shape index (κ3) is 55.2. The van der Waals surface area contributed by atoms with Gasteiger partial charge in [0.2, 0.25) is 11.4 Å². The van der Waals surface area contributed by atoms with Crippen LogP contribution in [-0.2, 0) is 42.2 Å². The molecule has 0 aliphatic carbocycles. The number of rotatable bonds is 70. The van der Waals surface area contributed by atoms with Crippen LogP contribution in [0.25, 0.3) is 16.9 Å². The van der Waals surface area contributed by atoms with Gasteiger partial charge in [0.1, 0.15) is 0 Å². The van der Waals surface area contributed by atoms with Gasteiger partial charge in [-0.3, -0.25) is 0 Å². The molecule has 0 saturated heterocycles. The van der Waals surface area contributed by atoms with Gasteiger partial charge in [0.15, 0.2) is 0 Å². The van der Waals surface area contributed by atoms with Crippen molar-refractivity contribution >= 4 is 11.4 Å². The third-order valence-corrected chi connectivity index (χ3v) is 21.7. The number of unbranched alkanes of at least 4 members (excludes halogenated alkanes) is 58. The summed E-state index contributed by atoms with van der Waals surface area (Å²) < 4.78 is 1.63. The van der Waals surface area contributed by atoms with Crippen LogP contribution in [0.5, 0.6) is 0 Å². The second-order valence-electron chi connectivity index (χ2n) is 31.3. The van der Waals surface area contributed by atoms with Crippen molar-refractivity contribution in [3.05, 3.63) is 100 Å². The summed E-state index contributed by atoms with van der Waals surface area (Å²) in [4.78, 5) is 0. The fourth-order valence-corrected chi connectivity index (χ4v) is 15.2. The number of hydrogen-bond acceptors (Lipinski definition) is 0. The first kappa shape index (κ1) is 97.0. The fraction of sp³-hybridized carbons (Fsp3) is 0.812. The van der Waals surface area contributed by atoms with Gasteiger partial charge in [-0.15, -0.1) is 0 Å². The predicted octanol–water partition coefficient (Wildman–Crippen LogP) is 34.6. The van der Waals surface area contributed by atoms with Crippen LogP contribution in [0.2, 0.25) is 0 Å². The Morgan fingerprint density at radius 3 is 0.636 bits per heavy atom. The molecule has 0 bridgehead atoms. The molecule has 0 amide bonds. The number of allylic oxidation sites excluding steroid dienone is 2. The quantitative estimate of drug-likeness (QED) is 0.0273. The van der Waals surface area contributed by atoms with E-state index in [9.17, 15) is 5.53 Å². The second kappa shape index (κ2) is 75.7. The maximum absolute atomic E-state index is 12.3. The molecule has 0 spiro atoms. The summed E-state index contributed by atoms with van der Waals surface area (Å²) in [7, 11) is 0. The minimum Gasteiger partial charge on any atom is -0.493 e. The van der Waals surface area contributed by atoms with Gasteiger partial charge in [0, 0.05) is 22.3 Å². The van der Waals surface area contributed by atoms with Crippen LogP contribution in [0.3, 0.4) is 0 Å². The van der Waals surface area contributed by atoms with E-state index in [1.54, 1.807) is 4.70 Å². The molecule has 0 N–H and O–H groups in total. The molecule has 3 heteroatoms. The molecule has 2 nitrogen and oxygen atoms in total. The van der Waals surface area contributed by atoms with Gasteiger partial charge in [0.05, 0.1) is 0 Å². The maximum atomic E-state index is 12.3. The molecule has 99 heavy (non-hydrogen) atoms. The fourth-order valence-electron chi connectivity index (χ4n) is 15.2. The summed E-state index contributed by atoms with van der Waals surface area (Å²) in [6, 6.07) is 14.3. The van der Waals surface area contributed by atoms with Gasteiger partial charge in [-0.25, -0.2) is 4.70 Å². The van der Waals surface area contributed by atoms with Gasteiger partial charge in [-0.1, -0.05) is 440 Å². The molecule has 2 aromatic rings. The van der Waals surface area contributed by atoms with E-state index in [1.807, 2.05) is 0 Å². The zero-order valence-electron chi connectivity index (χ0n) is 68.6. The van der Waals surface area contributed by atoms with Crippen LogP contribution in [-0.4, -0.2) is 4.70 Å². The minimum atomic E-state index is 0. The van der Waals surface area contributed by atoms with Crippen molar-refractivity contribution in [1.82, 2.24) is 0 Å². The maximum Gasteiger partial charge on any atom is 2.00 e. The summed E-state index contributed by atoms with van der Waals surface area (Å²) >= 11 is 0. The van der Waals surface area contributed by atoms with Crippen LogP contribution < -0.4 is 0 Å². The second-order valence-corrected chi connectivity index (χ2v) is 31.3. The molecular formula is C96H174N2Ni. The molecule has 0 unspecified atom stereocenters. The van der Waals surface area contributed by atoms with E-state index in [0.29, 0.717) is 0 Å². The van der Waals surface area contributed by atoms with Crippen molar-refractivity contribution in [3.63, 3.8) is 0 Å². The van der Waals surface area contributed by atoms with Crippen LogP contribution in [0, 0.1) is 13.8 Å². The van der Waals surface area contributed by atoms with E-state index in [2.05, 4.69) is 106 Å². The summed E-state index contributed by atoms with van der Waals surface area (Å²) in [6.45, 7) is 26.1.